The lowest BCUT2D eigenvalue weighted by atomic mass is 10.1. The number of carbonyl (C=O) groups excluding carboxylic acids is 1. The zero-order valence-electron chi connectivity index (χ0n) is 14.2. The highest BCUT2D eigenvalue weighted by molar-refractivity contribution is 7.18. The topological polar surface area (TPSA) is 72.1 Å². The Balaban J connectivity index is 1.50. The van der Waals surface area contributed by atoms with Crippen molar-refractivity contribution in [2.24, 2.45) is 0 Å². The molecule has 0 saturated carbocycles. The molecule has 0 aliphatic carbocycles. The first-order valence-electron chi connectivity index (χ1n) is 8.59. The highest BCUT2D eigenvalue weighted by Gasteiger charge is 2.33. The van der Waals surface area contributed by atoms with Crippen molar-refractivity contribution in [1.29, 1.82) is 0 Å². The van der Waals surface area contributed by atoms with Crippen LogP contribution >= 0.6 is 11.3 Å². The summed E-state index contributed by atoms with van der Waals surface area (Å²) in [6.45, 7) is 2.58. The van der Waals surface area contributed by atoms with E-state index in [-0.39, 0.29) is 11.9 Å². The van der Waals surface area contributed by atoms with Gasteiger partial charge in [-0.2, -0.15) is 0 Å². The molecule has 3 aromatic heterocycles. The van der Waals surface area contributed by atoms with Crippen molar-refractivity contribution >= 4 is 38.6 Å². The first-order chi connectivity index (χ1) is 12.7. The van der Waals surface area contributed by atoms with E-state index in [1.165, 1.54) is 0 Å². The van der Waals surface area contributed by atoms with Gasteiger partial charge in [-0.05, 0) is 38.0 Å². The van der Waals surface area contributed by atoms with E-state index in [4.69, 9.17) is 9.51 Å². The van der Waals surface area contributed by atoms with Crippen molar-refractivity contribution in [2.75, 3.05) is 6.54 Å². The smallest absolute Gasteiger partial charge is 0.257 e. The van der Waals surface area contributed by atoms with Crippen LogP contribution in [0.25, 0.3) is 21.3 Å². The minimum atomic E-state index is -0.0123. The maximum Gasteiger partial charge on any atom is 0.257 e. The molecule has 7 heteroatoms. The van der Waals surface area contributed by atoms with Crippen molar-refractivity contribution in [3.8, 4) is 0 Å². The van der Waals surface area contributed by atoms with E-state index >= 15 is 0 Å². The van der Waals surface area contributed by atoms with Gasteiger partial charge in [0.1, 0.15) is 5.01 Å². The van der Waals surface area contributed by atoms with E-state index < -0.39 is 0 Å². The number of rotatable bonds is 2. The molecule has 5 rings (SSSR count). The number of hydrogen-bond acceptors (Lipinski definition) is 6. The third-order valence-corrected chi connectivity index (χ3v) is 6.00. The standard InChI is InChI=1S/C19H16N4O2S/c1-11-13-9-12(10-20-17(13)25-22-11)19(24)23-8-4-6-15(23)18-21-14-5-2-3-7-16(14)26-18/h2-3,5,7,9-10,15H,4,6,8H2,1H3/t15-/m0/s1. The monoisotopic (exact) mass is 364 g/mol. The Bertz CT molecular complexity index is 1100. The molecule has 1 saturated heterocycles. The Labute approximate surface area is 153 Å². The van der Waals surface area contributed by atoms with Crippen LogP contribution in [0.1, 0.15) is 39.9 Å². The highest BCUT2D eigenvalue weighted by atomic mass is 32.1. The SMILES string of the molecule is Cc1noc2ncc(C(=O)N3CCC[C@H]3c3nc4ccccc4s3)cc12. The van der Waals surface area contributed by atoms with Gasteiger partial charge < -0.3 is 9.42 Å². The largest absolute Gasteiger partial charge is 0.336 e. The summed E-state index contributed by atoms with van der Waals surface area (Å²) in [6.07, 6.45) is 3.49. The van der Waals surface area contributed by atoms with Crippen LogP contribution in [-0.2, 0) is 0 Å². The van der Waals surface area contributed by atoms with Gasteiger partial charge in [0.05, 0.1) is 32.9 Å². The average Bonchev–Trinajstić information content (AvgIpc) is 3.38. The van der Waals surface area contributed by atoms with Gasteiger partial charge in [-0.1, -0.05) is 17.3 Å². The van der Waals surface area contributed by atoms with Gasteiger partial charge in [0.2, 0.25) is 0 Å². The molecule has 130 valence electrons. The number of carbonyl (C=O) groups is 1. The van der Waals surface area contributed by atoms with Gasteiger partial charge >= 0.3 is 0 Å². The third kappa shape index (κ3) is 2.39. The number of aromatic nitrogens is 3. The van der Waals surface area contributed by atoms with E-state index in [1.54, 1.807) is 17.5 Å². The summed E-state index contributed by atoms with van der Waals surface area (Å²) in [5.74, 6) is -0.0123. The third-order valence-electron chi connectivity index (χ3n) is 4.87. The van der Waals surface area contributed by atoms with Gasteiger partial charge in [0, 0.05) is 12.7 Å². The molecule has 26 heavy (non-hydrogen) atoms. The maximum absolute atomic E-state index is 13.1. The van der Waals surface area contributed by atoms with Crippen LogP contribution in [0.15, 0.2) is 41.1 Å². The van der Waals surface area contributed by atoms with Crippen molar-refractivity contribution in [3.63, 3.8) is 0 Å². The van der Waals surface area contributed by atoms with Gasteiger partial charge in [0.25, 0.3) is 11.6 Å². The molecule has 0 N–H and O–H groups in total. The second-order valence-corrected chi connectivity index (χ2v) is 7.58. The molecule has 1 fully saturated rings. The molecule has 1 aliphatic heterocycles. The minimum Gasteiger partial charge on any atom is -0.336 e. The summed E-state index contributed by atoms with van der Waals surface area (Å²) in [4.78, 5) is 24.1. The Morgan fingerprint density at radius 2 is 2.23 bits per heavy atom. The Hall–Kier alpha value is -2.80. The molecule has 0 radical (unpaired) electrons. The predicted molar refractivity (Wildman–Crippen MR) is 99.2 cm³/mol. The Kier molecular flexibility index (Phi) is 3.49. The maximum atomic E-state index is 13.1. The van der Waals surface area contributed by atoms with Crippen LogP contribution in [0.3, 0.4) is 0 Å². The number of amides is 1. The van der Waals surface area contributed by atoms with Gasteiger partial charge in [-0.25, -0.2) is 9.97 Å². The van der Waals surface area contributed by atoms with E-state index in [2.05, 4.69) is 16.2 Å². The highest BCUT2D eigenvalue weighted by Crippen LogP contribution is 2.37. The van der Waals surface area contributed by atoms with Gasteiger partial charge in [0.15, 0.2) is 0 Å². The molecular formula is C19H16N4O2S. The first-order valence-corrected chi connectivity index (χ1v) is 9.41. The number of hydrogen-bond donors (Lipinski definition) is 0. The summed E-state index contributed by atoms with van der Waals surface area (Å²) in [5, 5.41) is 5.70. The molecule has 4 heterocycles. The van der Waals surface area contributed by atoms with Crippen LogP contribution in [0.4, 0.5) is 0 Å². The Morgan fingerprint density at radius 3 is 3.12 bits per heavy atom. The number of likely N-dealkylation sites (tertiary alicyclic amines) is 1. The second kappa shape index (κ2) is 5.88. The first kappa shape index (κ1) is 15.5. The number of pyridine rings is 1. The molecule has 1 aromatic carbocycles. The average molecular weight is 364 g/mol. The molecule has 0 bridgehead atoms. The molecule has 1 amide bonds. The molecular weight excluding hydrogens is 348 g/mol. The van der Waals surface area contributed by atoms with Crippen molar-refractivity contribution < 1.29 is 9.32 Å². The lowest BCUT2D eigenvalue weighted by Gasteiger charge is -2.23. The fourth-order valence-electron chi connectivity index (χ4n) is 3.53. The zero-order valence-corrected chi connectivity index (χ0v) is 15.0. The predicted octanol–water partition coefficient (Wildman–Crippen LogP) is 4.12. The van der Waals surface area contributed by atoms with Crippen LogP contribution in [0.5, 0.6) is 0 Å². The number of fused-ring (bicyclic) bond motifs is 2. The molecule has 6 nitrogen and oxygen atoms in total. The number of benzene rings is 1. The second-order valence-electron chi connectivity index (χ2n) is 6.52. The fraction of sp³-hybridized carbons (Fsp3) is 0.263. The van der Waals surface area contributed by atoms with Crippen LogP contribution in [-0.4, -0.2) is 32.5 Å². The summed E-state index contributed by atoms with van der Waals surface area (Å²) >= 11 is 1.67. The van der Waals surface area contributed by atoms with E-state index in [0.29, 0.717) is 11.3 Å². The van der Waals surface area contributed by atoms with E-state index in [1.807, 2.05) is 36.1 Å². The number of nitrogens with zero attached hydrogens (tertiary/aromatic N) is 4. The summed E-state index contributed by atoms with van der Waals surface area (Å²) in [7, 11) is 0. The molecule has 0 unspecified atom stereocenters. The van der Waals surface area contributed by atoms with Gasteiger partial charge in [-0.3, -0.25) is 4.79 Å². The number of aryl methyl sites for hydroxylation is 1. The van der Waals surface area contributed by atoms with Crippen molar-refractivity contribution in [3.05, 3.63) is 52.8 Å². The van der Waals surface area contributed by atoms with Crippen LogP contribution in [0, 0.1) is 6.92 Å². The zero-order chi connectivity index (χ0) is 17.7. The molecule has 1 aliphatic rings. The van der Waals surface area contributed by atoms with Crippen LogP contribution in [0.2, 0.25) is 0 Å². The van der Waals surface area contributed by atoms with Crippen molar-refractivity contribution in [2.45, 2.75) is 25.8 Å². The lowest BCUT2D eigenvalue weighted by molar-refractivity contribution is 0.0735. The fourth-order valence-corrected chi connectivity index (χ4v) is 4.64. The normalized spacial score (nSPS) is 17.4. The number of thiazole rings is 1. The van der Waals surface area contributed by atoms with Gasteiger partial charge in [-0.15, -0.1) is 11.3 Å². The summed E-state index contributed by atoms with van der Waals surface area (Å²) in [6, 6.07) is 9.95. The Morgan fingerprint density at radius 1 is 1.35 bits per heavy atom. The quantitative estimate of drug-likeness (QED) is 0.535. The molecule has 1 atom stereocenters. The van der Waals surface area contributed by atoms with Crippen LogP contribution < -0.4 is 0 Å². The minimum absolute atomic E-state index is 0.0123. The van der Waals surface area contributed by atoms with Crippen molar-refractivity contribution in [1.82, 2.24) is 20.0 Å². The molecule has 4 aromatic rings. The molecule has 0 spiro atoms. The summed E-state index contributed by atoms with van der Waals surface area (Å²) in [5.41, 5.74) is 2.77. The lowest BCUT2D eigenvalue weighted by Crippen LogP contribution is -2.30. The van der Waals surface area contributed by atoms with E-state index in [0.717, 1.165) is 45.7 Å². The number of para-hydroxylation sites is 1. The summed E-state index contributed by atoms with van der Waals surface area (Å²) < 4.78 is 6.30. The van der Waals surface area contributed by atoms with E-state index in [9.17, 15) is 4.79 Å².